The molecule has 1 amide bonds. The number of halogens is 2. The first kappa shape index (κ1) is 12.1. The second-order valence-corrected chi connectivity index (χ2v) is 4.47. The third-order valence-electron chi connectivity index (χ3n) is 2.13. The minimum atomic E-state index is -0.269. The number of amides is 1. The van der Waals surface area contributed by atoms with Crippen molar-refractivity contribution in [3.05, 3.63) is 45.5 Å². The lowest BCUT2D eigenvalue weighted by Crippen LogP contribution is -2.11. The van der Waals surface area contributed by atoms with Crippen LogP contribution in [0.2, 0.25) is 5.15 Å². The molecule has 88 valence electrons. The first-order valence-corrected chi connectivity index (χ1v) is 5.91. The van der Waals surface area contributed by atoms with Gasteiger partial charge in [0.25, 0.3) is 5.91 Å². The van der Waals surface area contributed by atoms with Gasteiger partial charge in [-0.2, -0.15) is 0 Å². The number of aromatic nitrogens is 1. The Kier molecular flexibility index (Phi) is 3.49. The Morgan fingerprint density at radius 2 is 2.35 bits per heavy atom. The molecule has 2 heterocycles. The fourth-order valence-electron chi connectivity index (χ4n) is 1.28. The number of rotatable bonds is 2. The summed E-state index contributed by atoms with van der Waals surface area (Å²) in [6.07, 6.45) is 2.94. The Balaban J connectivity index is 2.19. The van der Waals surface area contributed by atoms with Gasteiger partial charge in [-0.25, -0.2) is 4.98 Å². The molecule has 2 rings (SSSR count). The molecule has 0 aliphatic heterocycles. The predicted octanol–water partition coefficient (Wildman–Crippen LogP) is 3.65. The highest BCUT2D eigenvalue weighted by Gasteiger charge is 2.13. The summed E-state index contributed by atoms with van der Waals surface area (Å²) in [5.74, 6) is -0.269. The lowest BCUT2D eigenvalue weighted by atomic mass is 10.2. The van der Waals surface area contributed by atoms with Crippen LogP contribution in [0, 0.1) is 6.92 Å². The molecule has 0 saturated carbocycles. The van der Waals surface area contributed by atoms with E-state index in [-0.39, 0.29) is 5.91 Å². The SMILES string of the molecule is Cc1cc(NC(=O)c2ccoc2Br)cnc1Cl. The van der Waals surface area contributed by atoms with Gasteiger partial charge < -0.3 is 9.73 Å². The van der Waals surface area contributed by atoms with Crippen molar-refractivity contribution in [3.63, 3.8) is 0 Å². The van der Waals surface area contributed by atoms with Crippen molar-refractivity contribution < 1.29 is 9.21 Å². The molecule has 2 aromatic heterocycles. The molecule has 0 aliphatic rings. The van der Waals surface area contributed by atoms with Crippen LogP contribution in [0.4, 0.5) is 5.69 Å². The van der Waals surface area contributed by atoms with Crippen LogP contribution in [0.5, 0.6) is 0 Å². The van der Waals surface area contributed by atoms with E-state index < -0.39 is 0 Å². The minimum Gasteiger partial charge on any atom is -0.457 e. The van der Waals surface area contributed by atoms with Crippen LogP contribution in [0.1, 0.15) is 15.9 Å². The predicted molar refractivity (Wildman–Crippen MR) is 68.3 cm³/mol. The summed E-state index contributed by atoms with van der Waals surface area (Å²) < 4.78 is 5.38. The number of hydrogen-bond donors (Lipinski definition) is 1. The van der Waals surface area contributed by atoms with Crippen molar-refractivity contribution in [1.82, 2.24) is 4.98 Å². The van der Waals surface area contributed by atoms with E-state index in [9.17, 15) is 4.79 Å². The second kappa shape index (κ2) is 4.89. The lowest BCUT2D eigenvalue weighted by Gasteiger charge is -2.05. The molecule has 0 aliphatic carbocycles. The fourth-order valence-corrected chi connectivity index (χ4v) is 1.80. The summed E-state index contributed by atoms with van der Waals surface area (Å²) in [4.78, 5) is 15.8. The summed E-state index contributed by atoms with van der Waals surface area (Å²) in [5, 5.41) is 3.13. The molecule has 2 aromatic rings. The summed E-state index contributed by atoms with van der Waals surface area (Å²) in [6, 6.07) is 3.33. The van der Waals surface area contributed by atoms with Crippen LogP contribution in [0.15, 0.2) is 33.7 Å². The summed E-state index contributed by atoms with van der Waals surface area (Å²) in [5.41, 5.74) is 1.82. The first-order chi connectivity index (χ1) is 8.08. The minimum absolute atomic E-state index is 0.269. The largest absolute Gasteiger partial charge is 0.457 e. The Morgan fingerprint density at radius 3 is 2.94 bits per heavy atom. The molecule has 17 heavy (non-hydrogen) atoms. The van der Waals surface area contributed by atoms with Crippen molar-refractivity contribution in [1.29, 1.82) is 0 Å². The van der Waals surface area contributed by atoms with E-state index in [4.69, 9.17) is 16.0 Å². The van der Waals surface area contributed by atoms with Crippen molar-refractivity contribution >= 4 is 39.1 Å². The Morgan fingerprint density at radius 1 is 1.59 bits per heavy atom. The maximum atomic E-state index is 11.8. The van der Waals surface area contributed by atoms with E-state index >= 15 is 0 Å². The molecular formula is C11H8BrClN2O2. The van der Waals surface area contributed by atoms with E-state index in [1.807, 2.05) is 6.92 Å². The molecule has 0 aromatic carbocycles. The average Bonchev–Trinajstić information content (AvgIpc) is 2.70. The number of aryl methyl sites for hydroxylation is 1. The van der Waals surface area contributed by atoms with Crippen LogP contribution in [0.25, 0.3) is 0 Å². The van der Waals surface area contributed by atoms with E-state index in [1.54, 1.807) is 12.1 Å². The summed E-state index contributed by atoms with van der Waals surface area (Å²) in [6.45, 7) is 1.82. The van der Waals surface area contributed by atoms with Gasteiger partial charge in [0.1, 0.15) is 5.15 Å². The molecule has 0 saturated heterocycles. The van der Waals surface area contributed by atoms with Gasteiger partial charge in [-0.05, 0) is 40.5 Å². The number of anilines is 1. The first-order valence-electron chi connectivity index (χ1n) is 4.74. The fraction of sp³-hybridized carbons (Fsp3) is 0.0909. The molecule has 6 heteroatoms. The van der Waals surface area contributed by atoms with Crippen LogP contribution in [-0.2, 0) is 0 Å². The number of carbonyl (C=O) groups excluding carboxylic acids is 1. The molecule has 4 nitrogen and oxygen atoms in total. The zero-order chi connectivity index (χ0) is 12.4. The van der Waals surface area contributed by atoms with Crippen LogP contribution in [0.3, 0.4) is 0 Å². The van der Waals surface area contributed by atoms with Crippen LogP contribution >= 0.6 is 27.5 Å². The van der Waals surface area contributed by atoms with E-state index in [2.05, 4.69) is 26.2 Å². The van der Waals surface area contributed by atoms with E-state index in [1.165, 1.54) is 12.5 Å². The zero-order valence-corrected chi connectivity index (χ0v) is 11.2. The quantitative estimate of drug-likeness (QED) is 0.861. The lowest BCUT2D eigenvalue weighted by molar-refractivity contribution is 0.102. The molecule has 0 spiro atoms. The Hall–Kier alpha value is -1.33. The van der Waals surface area contributed by atoms with Gasteiger partial charge in [0.15, 0.2) is 4.67 Å². The number of carbonyl (C=O) groups is 1. The van der Waals surface area contributed by atoms with Crippen LogP contribution < -0.4 is 5.32 Å². The second-order valence-electron chi connectivity index (χ2n) is 3.39. The molecule has 1 N–H and O–H groups in total. The van der Waals surface area contributed by atoms with E-state index in [0.717, 1.165) is 5.56 Å². The topological polar surface area (TPSA) is 55.1 Å². The van der Waals surface area contributed by atoms with E-state index in [0.29, 0.717) is 21.1 Å². The number of hydrogen-bond acceptors (Lipinski definition) is 3. The number of nitrogens with one attached hydrogen (secondary N) is 1. The maximum Gasteiger partial charge on any atom is 0.260 e. The van der Waals surface area contributed by atoms with Gasteiger partial charge in [0, 0.05) is 0 Å². The highest BCUT2D eigenvalue weighted by atomic mass is 79.9. The van der Waals surface area contributed by atoms with Gasteiger partial charge in [-0.3, -0.25) is 4.79 Å². The van der Waals surface area contributed by atoms with Gasteiger partial charge in [0.05, 0.1) is 23.7 Å². The molecule has 0 bridgehead atoms. The van der Waals surface area contributed by atoms with Gasteiger partial charge in [0.2, 0.25) is 0 Å². The standard InChI is InChI=1S/C11H8BrClN2O2/c1-6-4-7(5-14-10(6)13)15-11(16)8-2-3-17-9(8)12/h2-5H,1H3,(H,15,16). The molecule has 0 atom stereocenters. The monoisotopic (exact) mass is 314 g/mol. The van der Waals surface area contributed by atoms with Crippen molar-refractivity contribution in [3.8, 4) is 0 Å². The molecule has 0 fully saturated rings. The Bertz CT molecular complexity index is 568. The van der Waals surface area contributed by atoms with Gasteiger partial charge in [-0.15, -0.1) is 0 Å². The van der Waals surface area contributed by atoms with Gasteiger partial charge >= 0.3 is 0 Å². The summed E-state index contributed by atoms with van der Waals surface area (Å²) in [7, 11) is 0. The highest BCUT2D eigenvalue weighted by Crippen LogP contribution is 2.20. The number of furan rings is 1. The molecule has 0 unspecified atom stereocenters. The van der Waals surface area contributed by atoms with Crippen molar-refractivity contribution in [2.24, 2.45) is 0 Å². The summed E-state index contributed by atoms with van der Waals surface area (Å²) >= 11 is 8.94. The van der Waals surface area contributed by atoms with Crippen molar-refractivity contribution in [2.45, 2.75) is 6.92 Å². The Labute approximate surface area is 111 Å². The zero-order valence-electron chi connectivity index (χ0n) is 8.83. The third-order valence-corrected chi connectivity index (χ3v) is 3.14. The maximum absolute atomic E-state index is 11.8. The smallest absolute Gasteiger partial charge is 0.260 e. The molecule has 0 radical (unpaired) electrons. The third kappa shape index (κ3) is 2.68. The average molecular weight is 316 g/mol. The number of nitrogens with zero attached hydrogens (tertiary/aromatic N) is 1. The van der Waals surface area contributed by atoms with Gasteiger partial charge in [-0.1, -0.05) is 11.6 Å². The number of pyridine rings is 1. The van der Waals surface area contributed by atoms with Crippen LogP contribution in [-0.4, -0.2) is 10.9 Å². The highest BCUT2D eigenvalue weighted by molar-refractivity contribution is 9.10. The molecular weight excluding hydrogens is 307 g/mol. The normalized spacial score (nSPS) is 10.3. The van der Waals surface area contributed by atoms with Crippen molar-refractivity contribution in [2.75, 3.05) is 5.32 Å².